The van der Waals surface area contributed by atoms with E-state index in [1.807, 2.05) is 29.2 Å². The molecule has 4 heterocycles. The molecular weight excluding hydrogens is 474 g/mol. The normalized spacial score (nSPS) is 23.1. The van der Waals surface area contributed by atoms with Gasteiger partial charge in [0.25, 0.3) is 0 Å². The van der Waals surface area contributed by atoms with Gasteiger partial charge >= 0.3 is 5.97 Å². The molecule has 1 N–H and O–H groups in total. The lowest BCUT2D eigenvalue weighted by atomic mass is 9.76. The lowest BCUT2D eigenvalue weighted by Gasteiger charge is -2.37. The van der Waals surface area contributed by atoms with Gasteiger partial charge in [0, 0.05) is 30.0 Å². The number of anilines is 4. The number of fused-ring (bicyclic) bond motifs is 3. The molecule has 1 aromatic heterocycles. The van der Waals surface area contributed by atoms with E-state index in [4.69, 9.17) is 21.3 Å². The van der Waals surface area contributed by atoms with Crippen LogP contribution >= 0.6 is 11.6 Å². The van der Waals surface area contributed by atoms with Crippen LogP contribution in [0.4, 0.5) is 23.1 Å². The van der Waals surface area contributed by atoms with E-state index in [1.165, 1.54) is 36.0 Å². The Bertz CT molecular complexity index is 1380. The van der Waals surface area contributed by atoms with Crippen LogP contribution in [-0.4, -0.2) is 41.0 Å². The Kier molecular flexibility index (Phi) is 5.02. The number of hydrogen-bond donors (Lipinski definition) is 1. The van der Waals surface area contributed by atoms with Crippen LogP contribution in [0.3, 0.4) is 0 Å². The molecule has 184 valence electrons. The van der Waals surface area contributed by atoms with Crippen molar-refractivity contribution < 1.29 is 9.53 Å². The Morgan fingerprint density at radius 3 is 2.83 bits per heavy atom. The lowest BCUT2D eigenvalue weighted by Crippen LogP contribution is -2.47. The number of carbonyl (C=O) groups excluding carboxylic acids is 1. The summed E-state index contributed by atoms with van der Waals surface area (Å²) in [5.74, 6) is 1.59. The van der Waals surface area contributed by atoms with Crippen LogP contribution in [0.5, 0.6) is 0 Å². The number of hydrogen-bond acceptors (Lipinski definition) is 7. The third kappa shape index (κ3) is 3.48. The highest BCUT2D eigenvalue weighted by Crippen LogP contribution is 2.52. The third-order valence-electron chi connectivity index (χ3n) is 8.18. The molecule has 1 saturated heterocycles. The minimum atomic E-state index is -0.627. The molecule has 2 fully saturated rings. The minimum Gasteiger partial charge on any atom is -0.451 e. The van der Waals surface area contributed by atoms with E-state index >= 15 is 0 Å². The van der Waals surface area contributed by atoms with Crippen molar-refractivity contribution in [2.45, 2.75) is 50.2 Å². The summed E-state index contributed by atoms with van der Waals surface area (Å²) in [6.07, 6.45) is 6.98. The molecule has 36 heavy (non-hydrogen) atoms. The second-order valence-electron chi connectivity index (χ2n) is 10.6. The Morgan fingerprint density at radius 1 is 1.22 bits per heavy atom. The molecule has 7 nitrogen and oxygen atoms in total. The zero-order chi connectivity index (χ0) is 24.4. The van der Waals surface area contributed by atoms with Crippen LogP contribution in [0, 0.1) is 0 Å². The van der Waals surface area contributed by atoms with Gasteiger partial charge in [-0.25, -0.2) is 4.98 Å². The maximum Gasteiger partial charge on any atom is 0.311 e. The van der Waals surface area contributed by atoms with Crippen molar-refractivity contribution in [3.63, 3.8) is 0 Å². The molecule has 0 amide bonds. The monoisotopic (exact) mass is 501 g/mol. The summed E-state index contributed by atoms with van der Waals surface area (Å²) < 4.78 is 5.66. The fourth-order valence-electron chi connectivity index (χ4n) is 6.16. The number of carbonyl (C=O) groups is 1. The van der Waals surface area contributed by atoms with E-state index in [1.54, 1.807) is 6.20 Å². The summed E-state index contributed by atoms with van der Waals surface area (Å²) in [6.45, 7) is 2.56. The number of halogens is 1. The summed E-state index contributed by atoms with van der Waals surface area (Å²) in [5, 5.41) is 3.93. The lowest BCUT2D eigenvalue weighted by molar-refractivity contribution is -0.190. The molecule has 8 heteroatoms. The number of nitrogens with zero attached hydrogens (tertiary/aromatic N) is 4. The summed E-state index contributed by atoms with van der Waals surface area (Å²) in [4.78, 5) is 25.5. The second kappa shape index (κ2) is 8.18. The molecule has 1 spiro atoms. The maximum absolute atomic E-state index is 11.8. The van der Waals surface area contributed by atoms with Gasteiger partial charge < -0.3 is 19.9 Å². The van der Waals surface area contributed by atoms with Crippen LogP contribution in [0.1, 0.15) is 53.9 Å². The van der Waals surface area contributed by atoms with Gasteiger partial charge in [-0.3, -0.25) is 4.79 Å². The number of para-hydroxylation sites is 1. The van der Waals surface area contributed by atoms with Gasteiger partial charge in [-0.2, -0.15) is 4.98 Å². The quantitative estimate of drug-likeness (QED) is 0.478. The van der Waals surface area contributed by atoms with Crippen LogP contribution < -0.4 is 10.2 Å². The van der Waals surface area contributed by atoms with E-state index in [2.05, 4.69) is 34.4 Å². The van der Waals surface area contributed by atoms with Crippen molar-refractivity contribution in [1.29, 1.82) is 0 Å². The van der Waals surface area contributed by atoms with Crippen LogP contribution in [-0.2, 0) is 28.1 Å². The molecule has 1 aliphatic carbocycles. The molecule has 3 aromatic rings. The summed E-state index contributed by atoms with van der Waals surface area (Å²) in [5.41, 5.74) is 6.77. The molecule has 0 bridgehead atoms. The minimum absolute atomic E-state index is 0.178. The number of aromatic nitrogens is 2. The van der Waals surface area contributed by atoms with E-state index < -0.39 is 5.60 Å². The first-order valence-corrected chi connectivity index (χ1v) is 13.1. The van der Waals surface area contributed by atoms with E-state index in [0.29, 0.717) is 35.7 Å². The topological polar surface area (TPSA) is 70.6 Å². The third-order valence-corrected chi connectivity index (χ3v) is 8.45. The Hall–Kier alpha value is -3.16. The van der Waals surface area contributed by atoms with Crippen molar-refractivity contribution in [2.24, 2.45) is 0 Å². The average molecular weight is 502 g/mol. The molecule has 1 saturated carbocycles. The highest BCUT2D eigenvalue weighted by atomic mass is 35.5. The molecule has 2 aromatic carbocycles. The Labute approximate surface area is 215 Å². The van der Waals surface area contributed by atoms with E-state index in [0.717, 1.165) is 36.4 Å². The maximum atomic E-state index is 11.8. The van der Waals surface area contributed by atoms with Gasteiger partial charge in [0.2, 0.25) is 5.95 Å². The molecule has 0 radical (unpaired) electrons. The zero-order valence-corrected chi connectivity index (χ0v) is 21.0. The number of rotatable bonds is 4. The standard InChI is InChI=1S/C28H28ClN5O2/c1-33-10-9-20-18(15-33)11-19(12-21(20)17-5-4-6-17)31-27-30-14-23(29)26(32-27)34-16-28(13-25(35)36-28)22-7-2-3-8-24(22)34/h2-3,7-8,11-12,14,17H,4-6,9-10,13,15-16H2,1H3,(H,30,31,32). The predicted molar refractivity (Wildman–Crippen MR) is 139 cm³/mol. The highest BCUT2D eigenvalue weighted by molar-refractivity contribution is 6.33. The number of likely N-dealkylation sites (N-methyl/N-ethyl adjacent to an activating group) is 1. The van der Waals surface area contributed by atoms with Crippen molar-refractivity contribution in [2.75, 3.05) is 30.4 Å². The van der Waals surface area contributed by atoms with Crippen molar-refractivity contribution >= 4 is 40.7 Å². The second-order valence-corrected chi connectivity index (χ2v) is 11.0. The fraction of sp³-hybridized carbons (Fsp3) is 0.393. The summed E-state index contributed by atoms with van der Waals surface area (Å²) in [7, 11) is 2.18. The Morgan fingerprint density at radius 2 is 2.06 bits per heavy atom. The molecule has 4 aliphatic rings. The van der Waals surface area contributed by atoms with Gasteiger partial charge in [0.15, 0.2) is 11.4 Å². The largest absolute Gasteiger partial charge is 0.451 e. The molecule has 1 unspecified atom stereocenters. The van der Waals surface area contributed by atoms with Crippen molar-refractivity contribution in [3.8, 4) is 0 Å². The summed E-state index contributed by atoms with van der Waals surface area (Å²) >= 11 is 6.63. The average Bonchev–Trinajstić information content (AvgIpc) is 3.14. The molecular formula is C28H28ClN5O2. The van der Waals surface area contributed by atoms with E-state index in [-0.39, 0.29) is 5.97 Å². The van der Waals surface area contributed by atoms with Gasteiger partial charge in [-0.15, -0.1) is 0 Å². The predicted octanol–water partition coefficient (Wildman–Crippen LogP) is 5.42. The van der Waals surface area contributed by atoms with E-state index in [9.17, 15) is 4.79 Å². The zero-order valence-electron chi connectivity index (χ0n) is 20.3. The SMILES string of the molecule is CN1CCc2c(cc(Nc3ncc(Cl)c(N4CC5(CC(=O)O5)c5ccccc54)n3)cc2C2CCC2)C1. The van der Waals surface area contributed by atoms with Crippen molar-refractivity contribution in [3.05, 3.63) is 69.9 Å². The first-order valence-electron chi connectivity index (χ1n) is 12.7. The summed E-state index contributed by atoms with van der Waals surface area (Å²) in [6, 6.07) is 12.5. The van der Waals surface area contributed by atoms with Gasteiger partial charge in [-0.05, 0) is 67.1 Å². The van der Waals surface area contributed by atoms with Gasteiger partial charge in [-0.1, -0.05) is 36.2 Å². The van der Waals surface area contributed by atoms with Gasteiger partial charge in [0.1, 0.15) is 5.02 Å². The van der Waals surface area contributed by atoms with Gasteiger partial charge in [0.05, 0.1) is 19.2 Å². The first kappa shape index (κ1) is 22.1. The Balaban J connectivity index is 1.23. The number of nitrogens with one attached hydrogen (secondary N) is 1. The smallest absolute Gasteiger partial charge is 0.311 e. The van der Waals surface area contributed by atoms with Crippen molar-refractivity contribution in [1.82, 2.24) is 14.9 Å². The molecule has 3 aliphatic heterocycles. The fourth-order valence-corrected chi connectivity index (χ4v) is 6.35. The first-order chi connectivity index (χ1) is 17.5. The number of esters is 1. The van der Waals surface area contributed by atoms with Crippen LogP contribution in [0.25, 0.3) is 0 Å². The van der Waals surface area contributed by atoms with Crippen LogP contribution in [0.15, 0.2) is 42.6 Å². The molecule has 7 rings (SSSR count). The number of ether oxygens (including phenoxy) is 1. The number of benzene rings is 2. The molecule has 1 atom stereocenters. The van der Waals surface area contributed by atoms with Crippen LogP contribution in [0.2, 0.25) is 5.02 Å². The highest BCUT2D eigenvalue weighted by Gasteiger charge is 2.55.